The standard InChI is InChI=1S/C17H19N3O4/c21-17(12-14-4-1-2-6-16(14)20(22)23)19-9-7-18(8-10-19)13-15-5-3-11-24-15/h1-6,11H,7-10,12-13H2. The molecule has 2 aromatic rings. The van der Waals surface area contributed by atoms with E-state index in [1.54, 1.807) is 29.4 Å². The minimum atomic E-state index is -0.441. The number of piperazine rings is 1. The molecule has 1 saturated heterocycles. The van der Waals surface area contributed by atoms with Gasteiger partial charge in [0.25, 0.3) is 5.69 Å². The van der Waals surface area contributed by atoms with Crippen molar-refractivity contribution in [2.45, 2.75) is 13.0 Å². The largest absolute Gasteiger partial charge is 0.468 e. The van der Waals surface area contributed by atoms with Crippen molar-refractivity contribution in [1.29, 1.82) is 0 Å². The Hall–Kier alpha value is -2.67. The Kier molecular flexibility index (Phi) is 4.90. The summed E-state index contributed by atoms with van der Waals surface area (Å²) in [7, 11) is 0. The lowest BCUT2D eigenvalue weighted by Crippen LogP contribution is -2.48. The van der Waals surface area contributed by atoms with E-state index >= 15 is 0 Å². The van der Waals surface area contributed by atoms with Crippen LogP contribution in [0.4, 0.5) is 5.69 Å². The maximum atomic E-state index is 12.4. The maximum absolute atomic E-state index is 12.4. The molecular formula is C17H19N3O4. The Morgan fingerprint density at radius 2 is 1.88 bits per heavy atom. The molecule has 7 heteroatoms. The van der Waals surface area contributed by atoms with Gasteiger partial charge in [0.2, 0.25) is 5.91 Å². The second kappa shape index (κ2) is 7.27. The molecule has 1 aromatic carbocycles. The minimum absolute atomic E-state index is 0.00213. The van der Waals surface area contributed by atoms with E-state index in [1.807, 2.05) is 12.1 Å². The molecule has 0 aliphatic carbocycles. The van der Waals surface area contributed by atoms with Crippen molar-refractivity contribution in [3.63, 3.8) is 0 Å². The monoisotopic (exact) mass is 329 g/mol. The van der Waals surface area contributed by atoms with E-state index in [9.17, 15) is 14.9 Å². The lowest BCUT2D eigenvalue weighted by molar-refractivity contribution is -0.385. The zero-order valence-electron chi connectivity index (χ0n) is 13.3. The Morgan fingerprint density at radius 1 is 1.12 bits per heavy atom. The average Bonchev–Trinajstić information content (AvgIpc) is 3.09. The molecule has 7 nitrogen and oxygen atoms in total. The summed E-state index contributed by atoms with van der Waals surface area (Å²) in [6.07, 6.45) is 1.72. The van der Waals surface area contributed by atoms with Gasteiger partial charge in [0, 0.05) is 37.8 Å². The number of nitro groups is 1. The van der Waals surface area contributed by atoms with Crippen LogP contribution < -0.4 is 0 Å². The SMILES string of the molecule is O=C(Cc1ccccc1[N+](=O)[O-])N1CCN(Cc2ccco2)CC1. The molecular weight excluding hydrogens is 310 g/mol. The average molecular weight is 329 g/mol. The molecule has 1 amide bonds. The third-order valence-electron chi connectivity index (χ3n) is 4.21. The van der Waals surface area contributed by atoms with Crippen molar-refractivity contribution in [2.75, 3.05) is 26.2 Å². The molecule has 0 atom stereocenters. The van der Waals surface area contributed by atoms with Crippen LogP contribution in [0.15, 0.2) is 47.1 Å². The predicted octanol–water partition coefficient (Wildman–Crippen LogP) is 2.07. The molecule has 0 saturated carbocycles. The van der Waals surface area contributed by atoms with Crippen LogP contribution in [0.5, 0.6) is 0 Å². The number of rotatable bonds is 5. The normalized spacial score (nSPS) is 15.4. The van der Waals surface area contributed by atoms with Crippen LogP contribution in [-0.4, -0.2) is 46.8 Å². The highest BCUT2D eigenvalue weighted by atomic mass is 16.6. The zero-order valence-corrected chi connectivity index (χ0v) is 13.3. The molecule has 126 valence electrons. The van der Waals surface area contributed by atoms with Crippen LogP contribution in [0.1, 0.15) is 11.3 Å². The number of benzene rings is 1. The number of nitrogens with zero attached hydrogens (tertiary/aromatic N) is 3. The topological polar surface area (TPSA) is 79.8 Å². The highest BCUT2D eigenvalue weighted by Crippen LogP contribution is 2.19. The molecule has 1 aliphatic rings. The van der Waals surface area contributed by atoms with Crippen LogP contribution in [0.3, 0.4) is 0 Å². The summed E-state index contributed by atoms with van der Waals surface area (Å²) in [5, 5.41) is 11.0. The fourth-order valence-corrected chi connectivity index (χ4v) is 2.89. The van der Waals surface area contributed by atoms with Crippen LogP contribution >= 0.6 is 0 Å². The smallest absolute Gasteiger partial charge is 0.273 e. The van der Waals surface area contributed by atoms with Crippen LogP contribution in [0.25, 0.3) is 0 Å². The van der Waals surface area contributed by atoms with Crippen molar-refractivity contribution in [3.05, 3.63) is 64.1 Å². The first kappa shape index (κ1) is 16.2. The van der Waals surface area contributed by atoms with E-state index in [-0.39, 0.29) is 18.0 Å². The molecule has 0 spiro atoms. The fraction of sp³-hybridized carbons (Fsp3) is 0.353. The Bertz CT molecular complexity index is 706. The summed E-state index contributed by atoms with van der Waals surface area (Å²) in [4.78, 5) is 27.0. The van der Waals surface area contributed by atoms with Gasteiger partial charge in [-0.25, -0.2) is 0 Å². The van der Waals surface area contributed by atoms with E-state index in [0.717, 1.165) is 25.4 Å². The molecule has 24 heavy (non-hydrogen) atoms. The minimum Gasteiger partial charge on any atom is -0.468 e. The van der Waals surface area contributed by atoms with E-state index in [4.69, 9.17) is 4.42 Å². The molecule has 1 aromatic heterocycles. The lowest BCUT2D eigenvalue weighted by Gasteiger charge is -2.34. The van der Waals surface area contributed by atoms with Gasteiger partial charge >= 0.3 is 0 Å². The molecule has 0 radical (unpaired) electrons. The van der Waals surface area contributed by atoms with Gasteiger partial charge in [0.15, 0.2) is 0 Å². The van der Waals surface area contributed by atoms with Crippen LogP contribution in [0, 0.1) is 10.1 Å². The molecule has 0 N–H and O–H groups in total. The summed E-state index contributed by atoms with van der Waals surface area (Å²) in [5.41, 5.74) is 0.466. The van der Waals surface area contributed by atoms with E-state index in [1.165, 1.54) is 6.07 Å². The molecule has 0 unspecified atom stereocenters. The van der Waals surface area contributed by atoms with Gasteiger partial charge in [0.05, 0.1) is 24.2 Å². The summed E-state index contributed by atoms with van der Waals surface area (Å²) in [5.74, 6) is 0.844. The Balaban J connectivity index is 1.55. The first-order valence-corrected chi connectivity index (χ1v) is 7.88. The van der Waals surface area contributed by atoms with E-state index in [2.05, 4.69) is 4.90 Å². The van der Waals surface area contributed by atoms with Crippen molar-refractivity contribution in [1.82, 2.24) is 9.80 Å². The number of nitro benzene ring substituents is 1. The van der Waals surface area contributed by atoms with Gasteiger partial charge in [-0.1, -0.05) is 18.2 Å². The number of hydrogen-bond acceptors (Lipinski definition) is 5. The fourth-order valence-electron chi connectivity index (χ4n) is 2.89. The highest BCUT2D eigenvalue weighted by molar-refractivity contribution is 5.80. The van der Waals surface area contributed by atoms with Crippen molar-refractivity contribution in [2.24, 2.45) is 0 Å². The van der Waals surface area contributed by atoms with E-state index in [0.29, 0.717) is 18.7 Å². The second-order valence-corrected chi connectivity index (χ2v) is 5.80. The first-order chi connectivity index (χ1) is 11.6. The van der Waals surface area contributed by atoms with Crippen molar-refractivity contribution in [3.8, 4) is 0 Å². The van der Waals surface area contributed by atoms with Gasteiger partial charge in [0.1, 0.15) is 5.76 Å². The maximum Gasteiger partial charge on any atom is 0.273 e. The molecule has 3 rings (SSSR count). The van der Waals surface area contributed by atoms with Gasteiger partial charge < -0.3 is 9.32 Å². The molecule has 2 heterocycles. The first-order valence-electron chi connectivity index (χ1n) is 7.88. The summed E-state index contributed by atoms with van der Waals surface area (Å²) in [6, 6.07) is 10.2. The number of carbonyl (C=O) groups excluding carboxylic acids is 1. The summed E-state index contributed by atoms with van der Waals surface area (Å²) in [6.45, 7) is 3.52. The van der Waals surface area contributed by atoms with Gasteiger partial charge in [-0.3, -0.25) is 19.8 Å². The van der Waals surface area contributed by atoms with Gasteiger partial charge in [-0.15, -0.1) is 0 Å². The van der Waals surface area contributed by atoms with E-state index < -0.39 is 4.92 Å². The highest BCUT2D eigenvalue weighted by Gasteiger charge is 2.24. The van der Waals surface area contributed by atoms with Crippen LogP contribution in [0.2, 0.25) is 0 Å². The number of amides is 1. The zero-order chi connectivity index (χ0) is 16.9. The Labute approximate surface area is 139 Å². The van der Waals surface area contributed by atoms with Crippen molar-refractivity contribution < 1.29 is 14.1 Å². The number of carbonyl (C=O) groups is 1. The quantitative estimate of drug-likeness (QED) is 0.620. The summed E-state index contributed by atoms with van der Waals surface area (Å²) >= 11 is 0. The number of furan rings is 1. The Morgan fingerprint density at radius 3 is 2.54 bits per heavy atom. The van der Waals surface area contributed by atoms with Gasteiger partial charge in [-0.2, -0.15) is 0 Å². The predicted molar refractivity (Wildman–Crippen MR) is 87.4 cm³/mol. The number of para-hydroxylation sites is 1. The lowest BCUT2D eigenvalue weighted by atomic mass is 10.1. The van der Waals surface area contributed by atoms with Gasteiger partial charge in [-0.05, 0) is 12.1 Å². The van der Waals surface area contributed by atoms with Crippen molar-refractivity contribution >= 4 is 11.6 Å². The second-order valence-electron chi connectivity index (χ2n) is 5.80. The molecule has 0 bridgehead atoms. The number of hydrogen-bond donors (Lipinski definition) is 0. The summed E-state index contributed by atoms with van der Waals surface area (Å²) < 4.78 is 5.34. The molecule has 1 fully saturated rings. The third-order valence-corrected chi connectivity index (χ3v) is 4.21. The van der Waals surface area contributed by atoms with Crippen LogP contribution in [-0.2, 0) is 17.8 Å². The molecule has 1 aliphatic heterocycles. The third kappa shape index (κ3) is 3.80.